The number of esters is 2. The first kappa shape index (κ1) is 80.6. The Labute approximate surface area is 608 Å². The first-order valence-corrected chi connectivity index (χ1v) is 36.9. The topological polar surface area (TPSA) is 486 Å². The van der Waals surface area contributed by atoms with Crippen molar-refractivity contribution >= 4 is 24.0 Å². The minimum atomic E-state index is -2.32. The molecule has 1 aromatic rings. The van der Waals surface area contributed by atoms with Crippen LogP contribution in [0.4, 0.5) is 0 Å². The predicted molar refractivity (Wildman–Crippen MR) is 358 cm³/mol. The van der Waals surface area contributed by atoms with E-state index in [1.165, 1.54) is 19.9 Å². The third kappa shape index (κ3) is 13.0. The lowest BCUT2D eigenvalue weighted by Gasteiger charge is -2.75. The summed E-state index contributed by atoms with van der Waals surface area (Å²) in [6, 6.07) is 9.09. The second kappa shape index (κ2) is 29.7. The third-order valence-corrected chi connectivity index (χ3v) is 27.6. The van der Waals surface area contributed by atoms with Crippen molar-refractivity contribution in [1.82, 2.24) is 0 Å². The highest BCUT2D eigenvalue weighted by Gasteiger charge is 2.86. The van der Waals surface area contributed by atoms with Gasteiger partial charge in [-0.05, 0) is 125 Å². The maximum Gasteiger partial charge on any atom is 0.335 e. The molecule has 11 fully saturated rings. The van der Waals surface area contributed by atoms with Crippen molar-refractivity contribution in [3.63, 3.8) is 0 Å². The summed E-state index contributed by atoms with van der Waals surface area (Å²) in [5.41, 5.74) is -5.94. The van der Waals surface area contributed by atoms with E-state index in [0.29, 0.717) is 43.2 Å². The normalized spacial score (nSPS) is 51.6. The van der Waals surface area contributed by atoms with Crippen molar-refractivity contribution in [3.8, 4) is 0 Å². The molecule has 592 valence electrons. The SMILES string of the molecule is C/C=C(/C)C(=O)O[C@H]1[C@H](OC(=O)/C=C\c2ccccc2)[C@@]23[C@H](O)C[C@]4(C)[C@@](CC[C@@H]5[C@@]6(C)CC[C@H]([C@@H]7O[C@H](C(=O)O)[C@@H](O)[C@H](O[C@@H]8O[C@H](CO)[C@H](O)[C@H](O)[C@H]8O[C@@H]8O[C@@H](C)[C@H](O)[C@@H](O)[C@H]8O[C@@H]8O[C@@H](C)[C@H](O)[C@@H](O)[C@H]8O)[C@H]7O[C@@H]7O[C@H](CO)[C@H](O)[C@H](O)[C@H]7O)C(C)(C)[C@@H]6CC[C@]54C)(O[C@@H]2O)[C@@H]3CC1(C)C. The molecule has 11 aliphatic rings. The number of rotatable bonds is 17. The fraction of sp³-hybridized carbons (Fsp3) is 0.824. The zero-order valence-electron chi connectivity index (χ0n) is 61.0. The minimum Gasteiger partial charge on any atom is -0.479 e. The van der Waals surface area contributed by atoms with Crippen LogP contribution in [0.25, 0.3) is 6.08 Å². The Kier molecular flexibility index (Phi) is 22.8. The van der Waals surface area contributed by atoms with E-state index >= 15 is 0 Å². The van der Waals surface area contributed by atoms with Crippen LogP contribution >= 0.6 is 0 Å². The van der Waals surface area contributed by atoms with Crippen molar-refractivity contribution in [2.24, 2.45) is 56.2 Å². The van der Waals surface area contributed by atoms with E-state index in [2.05, 4.69) is 20.8 Å². The van der Waals surface area contributed by atoms with E-state index in [1.807, 2.05) is 58.0 Å². The van der Waals surface area contributed by atoms with Crippen molar-refractivity contribution in [1.29, 1.82) is 0 Å². The van der Waals surface area contributed by atoms with Gasteiger partial charge in [0.2, 0.25) is 0 Å². The smallest absolute Gasteiger partial charge is 0.335 e. The van der Waals surface area contributed by atoms with Crippen LogP contribution in [0.15, 0.2) is 48.1 Å². The zero-order valence-corrected chi connectivity index (χ0v) is 61.0. The second-order valence-electron chi connectivity index (χ2n) is 33.7. The van der Waals surface area contributed by atoms with Gasteiger partial charge in [0.25, 0.3) is 0 Å². The van der Waals surface area contributed by atoms with Gasteiger partial charge in [-0.1, -0.05) is 84.9 Å². The summed E-state index contributed by atoms with van der Waals surface area (Å²) in [5, 5.41) is 184. The molecule has 0 amide bonds. The van der Waals surface area contributed by atoms with Gasteiger partial charge in [0.15, 0.2) is 43.7 Å². The molecule has 5 aliphatic carbocycles. The Morgan fingerprint density at radius 3 is 1.70 bits per heavy atom. The molecule has 38 atom stereocenters. The number of hydrogen-bond acceptors (Lipinski definition) is 30. The fourth-order valence-electron chi connectivity index (χ4n) is 21.7. The van der Waals surface area contributed by atoms with Crippen LogP contribution in [0.5, 0.6) is 0 Å². The number of carbonyl (C=O) groups excluding carboxylic acids is 2. The van der Waals surface area contributed by atoms with Gasteiger partial charge in [-0.3, -0.25) is 0 Å². The summed E-state index contributed by atoms with van der Waals surface area (Å²) in [7, 11) is 0. The Hall–Kier alpha value is -3.89. The van der Waals surface area contributed by atoms with Crippen LogP contribution in [0.1, 0.15) is 133 Å². The molecule has 6 heterocycles. The fourth-order valence-corrected chi connectivity index (χ4v) is 21.7. The summed E-state index contributed by atoms with van der Waals surface area (Å²) >= 11 is 0. The molecule has 6 saturated heterocycles. The first-order chi connectivity index (χ1) is 49.3. The Morgan fingerprint density at radius 2 is 1.09 bits per heavy atom. The minimum absolute atomic E-state index is 0.0734. The molecule has 6 aliphatic heterocycles. The molecule has 5 saturated carbocycles. The molecule has 16 N–H and O–H groups in total. The lowest BCUT2D eigenvalue weighted by atomic mass is 9.30. The lowest BCUT2D eigenvalue weighted by molar-refractivity contribution is -0.403. The molecule has 0 radical (unpaired) electrons. The highest BCUT2D eigenvalue weighted by atomic mass is 16.8. The molecule has 31 nitrogen and oxygen atoms in total. The number of carboxylic acids is 1. The van der Waals surface area contributed by atoms with E-state index in [4.69, 9.17) is 56.8 Å². The van der Waals surface area contributed by atoms with Crippen molar-refractivity contribution in [2.45, 2.75) is 311 Å². The van der Waals surface area contributed by atoms with Gasteiger partial charge in [-0.25, -0.2) is 14.4 Å². The van der Waals surface area contributed by atoms with Gasteiger partial charge in [-0.15, -0.1) is 0 Å². The molecule has 105 heavy (non-hydrogen) atoms. The van der Waals surface area contributed by atoms with Crippen LogP contribution < -0.4 is 0 Å². The lowest BCUT2D eigenvalue weighted by Crippen LogP contribution is -2.77. The summed E-state index contributed by atoms with van der Waals surface area (Å²) in [6.07, 6.45) is -45.4. The van der Waals surface area contributed by atoms with Crippen molar-refractivity contribution < 1.29 is 153 Å². The maximum absolute atomic E-state index is 14.3. The van der Waals surface area contributed by atoms with Gasteiger partial charge in [0.05, 0.1) is 48.6 Å². The molecule has 31 heteroatoms. The number of ether oxygens (including phenoxy) is 12. The molecule has 2 bridgehead atoms. The van der Waals surface area contributed by atoms with Crippen LogP contribution in [-0.4, -0.2) is 296 Å². The zero-order chi connectivity index (χ0) is 76.7. The number of fused-ring (bicyclic) bond motifs is 4. The Balaban J connectivity index is 0.883. The van der Waals surface area contributed by atoms with Crippen LogP contribution in [0.3, 0.4) is 0 Å². The summed E-state index contributed by atoms with van der Waals surface area (Å²) in [5.74, 6) is -5.05. The number of aliphatic carboxylic acids is 1. The number of carbonyl (C=O) groups is 3. The van der Waals surface area contributed by atoms with E-state index in [-0.39, 0.29) is 31.1 Å². The average Bonchev–Trinajstić information content (AvgIpc) is 1.53. The quantitative estimate of drug-likeness (QED) is 0.0653. The third-order valence-electron chi connectivity index (χ3n) is 27.6. The Bertz CT molecular complexity index is 3320. The van der Waals surface area contributed by atoms with Crippen molar-refractivity contribution in [2.75, 3.05) is 13.2 Å². The molecule has 12 rings (SSSR count). The number of carboxylic acid groups (broad SMARTS) is 1. The van der Waals surface area contributed by atoms with Gasteiger partial charge in [0.1, 0.15) is 110 Å². The molecule has 1 aromatic carbocycles. The second-order valence-corrected chi connectivity index (χ2v) is 33.7. The van der Waals surface area contributed by atoms with Gasteiger partial charge in [0, 0.05) is 28.4 Å². The monoisotopic (exact) mass is 1490 g/mol. The van der Waals surface area contributed by atoms with E-state index < -0.39 is 259 Å². The van der Waals surface area contributed by atoms with Gasteiger partial charge >= 0.3 is 17.9 Å². The van der Waals surface area contributed by atoms with E-state index in [0.717, 1.165) is 0 Å². The number of allylic oxidation sites excluding steroid dienone is 1. The van der Waals surface area contributed by atoms with E-state index in [1.54, 1.807) is 26.0 Å². The number of aliphatic hydroxyl groups excluding tert-OH is 15. The Morgan fingerprint density at radius 1 is 0.552 bits per heavy atom. The number of aliphatic hydroxyl groups is 15. The van der Waals surface area contributed by atoms with Gasteiger partial charge in [-0.2, -0.15) is 0 Å². The highest BCUT2D eigenvalue weighted by molar-refractivity contribution is 5.88. The molecule has 1 spiro atoms. The standard InChI is InChI=1S/C74H110O31/c1-12-30(2)62(92)104-59-60(98-41(78)19-18-33-16-14-13-15-17-33)74-39(26-68(59,5)6)73(105-67(74)93)25-22-38-70(9)23-20-34(69(7,8)37(70)21-24-71(38,10)72(73,11)27-40(74)77)53-58(103-64-51(88)47(84)44(81)35(28-75)96-64)54(52(89)55(99-53)61(90)91)100-66-57(49(86)45(82)36(29-76)97-66)102-65-56(48(85)43(80)32(4)95-65)101-63-50(87)46(83)42(79)31(3)94-63/h12-19,31-32,34-40,42-60,63-67,75-77,79-89,93H,20-29H2,1-11H3,(H,90,91)/b19-18-,30-12-/t31-,32-,34+,35+,36+,37-,38+,39-,40+,42-,43-,44-,45-,46+,47-,48+,49-,50+,51+,52-,53-,54-,55-,56+,57+,58-,59-,60-,63-,64-,65-,66-,67-,70-,71+,72-,73-,74+/m0/s1. The molecule has 0 aromatic heterocycles. The van der Waals surface area contributed by atoms with Gasteiger partial charge < -0.3 is 139 Å². The highest BCUT2D eigenvalue weighted by Crippen LogP contribution is 2.82. The summed E-state index contributed by atoms with van der Waals surface area (Å²) < 4.78 is 76.2. The molecule has 0 unspecified atom stereocenters. The first-order valence-electron chi connectivity index (χ1n) is 36.9. The molecular weight excluding hydrogens is 1380 g/mol. The number of benzene rings is 1. The average molecular weight is 1500 g/mol. The van der Waals surface area contributed by atoms with Crippen molar-refractivity contribution in [3.05, 3.63) is 53.6 Å². The van der Waals surface area contributed by atoms with E-state index in [9.17, 15) is 96.1 Å². The largest absolute Gasteiger partial charge is 0.479 e. The van der Waals surface area contributed by atoms with Crippen LogP contribution in [0.2, 0.25) is 0 Å². The summed E-state index contributed by atoms with van der Waals surface area (Å²) in [6.45, 7) is 18.5. The maximum atomic E-state index is 14.3. The summed E-state index contributed by atoms with van der Waals surface area (Å²) in [4.78, 5) is 42.0. The number of hydrogen-bond donors (Lipinski definition) is 16. The molecular formula is C74H110O31. The predicted octanol–water partition coefficient (Wildman–Crippen LogP) is -1.06. The van der Waals surface area contributed by atoms with Crippen LogP contribution in [-0.2, 0) is 71.2 Å². The van der Waals surface area contributed by atoms with Crippen LogP contribution in [0, 0.1) is 56.2 Å².